The van der Waals surface area contributed by atoms with Crippen molar-refractivity contribution < 1.29 is 22.7 Å². The van der Waals surface area contributed by atoms with Crippen LogP contribution in [0.1, 0.15) is 34.3 Å². The number of nitrogens with two attached hydrogens (primary N) is 1. The van der Waals surface area contributed by atoms with Crippen LogP contribution in [0.2, 0.25) is 0 Å². The van der Waals surface area contributed by atoms with Crippen molar-refractivity contribution in [2.45, 2.75) is 19.3 Å². The zero-order chi connectivity index (χ0) is 27.9. The van der Waals surface area contributed by atoms with Crippen LogP contribution in [0.3, 0.4) is 0 Å². The second kappa shape index (κ2) is 12.2. The molecule has 39 heavy (non-hydrogen) atoms. The van der Waals surface area contributed by atoms with Crippen LogP contribution in [0.5, 0.6) is 5.75 Å². The fraction of sp³-hybridized carbons (Fsp3) is 0.192. The lowest BCUT2D eigenvalue weighted by Gasteiger charge is -2.27. The summed E-state index contributed by atoms with van der Waals surface area (Å²) in [4.78, 5) is 25.0. The number of aromatic nitrogens is 3. The molecule has 13 heteroatoms. The summed E-state index contributed by atoms with van der Waals surface area (Å²) in [7, 11) is 1.58. The molecule has 4 aromatic rings. The number of carbonyl (C=O) groups is 1. The summed E-state index contributed by atoms with van der Waals surface area (Å²) in [5.41, 5.74) is 6.25. The molecule has 0 radical (unpaired) electrons. The highest BCUT2D eigenvalue weighted by Crippen LogP contribution is 2.31. The Morgan fingerprint density at radius 1 is 1.15 bits per heavy atom. The van der Waals surface area contributed by atoms with Crippen LogP contribution < -0.4 is 20.1 Å². The van der Waals surface area contributed by atoms with E-state index in [0.717, 1.165) is 21.9 Å². The number of pyridine rings is 1. The van der Waals surface area contributed by atoms with E-state index in [9.17, 15) is 18.8 Å². The molecule has 0 spiro atoms. The van der Waals surface area contributed by atoms with Crippen molar-refractivity contribution in [1.29, 1.82) is 5.26 Å². The Bertz CT molecular complexity index is 1580. The van der Waals surface area contributed by atoms with E-state index in [-0.39, 0.29) is 40.2 Å². The first-order valence-electron chi connectivity index (χ1n) is 11.7. The Hall–Kier alpha value is -4.67. The fourth-order valence-corrected chi connectivity index (χ4v) is 4.55. The highest BCUT2D eigenvalue weighted by atomic mass is 32.2. The van der Waals surface area contributed by atoms with Gasteiger partial charge in [0.2, 0.25) is 0 Å². The molecule has 1 amide bonds. The maximum atomic E-state index is 15.7. The van der Waals surface area contributed by atoms with Gasteiger partial charge in [0.15, 0.2) is 11.6 Å². The molecule has 0 aliphatic heterocycles. The quantitative estimate of drug-likeness (QED) is 0.222. The Morgan fingerprint density at radius 3 is 2.62 bits per heavy atom. The van der Waals surface area contributed by atoms with Crippen LogP contribution in [0.25, 0.3) is 11.0 Å². The number of anilines is 3. The topological polar surface area (TPSA) is 170 Å². The number of nitriles is 1. The minimum absolute atomic E-state index is 0.00629. The fourth-order valence-electron chi connectivity index (χ4n) is 3.97. The predicted octanol–water partition coefficient (Wildman–Crippen LogP) is 3.50. The zero-order valence-corrected chi connectivity index (χ0v) is 21.6. The normalized spacial score (nSPS) is 11.5. The van der Waals surface area contributed by atoms with E-state index >= 15 is 4.39 Å². The lowest BCUT2D eigenvalue weighted by molar-refractivity contribution is 0.102. The van der Waals surface area contributed by atoms with Gasteiger partial charge in [0.25, 0.3) is 5.91 Å². The van der Waals surface area contributed by atoms with Crippen molar-refractivity contribution in [2.24, 2.45) is 0 Å². The Morgan fingerprint density at radius 2 is 1.92 bits per heavy atom. The van der Waals surface area contributed by atoms with E-state index in [1.807, 2.05) is 30.3 Å². The molecule has 2 aromatic carbocycles. The maximum Gasteiger partial charge on any atom is 0.258 e. The SMILES string of the molecule is COc1ccc(CCCCN(c2ccc(C#N)c(NC(=O)c3ccnc4c(N)ncnc34)c2F)S(=O)[O-])cc1. The first kappa shape index (κ1) is 27.4. The third kappa shape index (κ3) is 6.08. The number of carbonyl (C=O) groups excluding carboxylic acids is 1. The maximum absolute atomic E-state index is 15.7. The average Bonchev–Trinajstić information content (AvgIpc) is 2.94. The minimum atomic E-state index is -2.81. The Labute approximate surface area is 225 Å². The van der Waals surface area contributed by atoms with E-state index in [4.69, 9.17) is 10.5 Å². The molecule has 0 saturated carbocycles. The van der Waals surface area contributed by atoms with Gasteiger partial charge in [-0.05, 0) is 55.2 Å². The van der Waals surface area contributed by atoms with Crippen LogP contribution in [0.4, 0.5) is 21.6 Å². The number of hydrogen-bond donors (Lipinski definition) is 2. The predicted molar refractivity (Wildman–Crippen MR) is 143 cm³/mol. The molecule has 3 N–H and O–H groups in total. The van der Waals surface area contributed by atoms with Crippen molar-refractivity contribution in [2.75, 3.05) is 29.0 Å². The summed E-state index contributed by atoms with van der Waals surface area (Å²) >= 11 is -2.81. The van der Waals surface area contributed by atoms with E-state index < -0.39 is 28.7 Å². The number of methoxy groups -OCH3 is 1. The molecular formula is C26H23FN7O4S-. The van der Waals surface area contributed by atoms with Gasteiger partial charge in [0.1, 0.15) is 29.2 Å². The number of rotatable bonds is 10. The standard InChI is InChI=1S/C26H24FN7O4S/c1-38-18-8-5-16(6-9-18)4-2-3-13-34(39(36)37)20-10-7-17(14-28)22(21(20)27)33-26(35)19-11-12-30-24-23(19)31-15-32-25(24)29/h5-12,15H,2-4,13H2,1H3,(H,33,35)(H,36,37)(H2,29,31,32)/p-1. The first-order valence-corrected chi connectivity index (χ1v) is 12.8. The van der Waals surface area contributed by atoms with Gasteiger partial charge in [-0.3, -0.25) is 18.3 Å². The van der Waals surface area contributed by atoms with Crippen LogP contribution >= 0.6 is 0 Å². The Balaban J connectivity index is 1.55. The highest BCUT2D eigenvalue weighted by Gasteiger charge is 2.22. The second-order valence-electron chi connectivity index (χ2n) is 8.33. The summed E-state index contributed by atoms with van der Waals surface area (Å²) in [6.07, 6.45) is 4.25. The largest absolute Gasteiger partial charge is 0.755 e. The van der Waals surface area contributed by atoms with Crippen LogP contribution in [-0.2, 0) is 17.7 Å². The van der Waals surface area contributed by atoms with E-state index in [0.29, 0.717) is 19.3 Å². The molecule has 0 saturated heterocycles. The van der Waals surface area contributed by atoms with Crippen molar-refractivity contribution in [3.05, 3.63) is 77.5 Å². The third-order valence-electron chi connectivity index (χ3n) is 5.96. The van der Waals surface area contributed by atoms with Crippen LogP contribution in [-0.4, -0.2) is 43.3 Å². The van der Waals surface area contributed by atoms with Crippen molar-refractivity contribution in [1.82, 2.24) is 15.0 Å². The molecular weight excluding hydrogens is 525 g/mol. The van der Waals surface area contributed by atoms with Crippen molar-refractivity contribution >= 4 is 45.4 Å². The van der Waals surface area contributed by atoms with Gasteiger partial charge in [0.05, 0.1) is 29.6 Å². The molecule has 11 nitrogen and oxygen atoms in total. The number of nitrogens with zero attached hydrogens (tertiary/aromatic N) is 5. The average molecular weight is 549 g/mol. The molecule has 4 rings (SSSR count). The molecule has 1 atom stereocenters. The van der Waals surface area contributed by atoms with Crippen molar-refractivity contribution in [3.8, 4) is 11.8 Å². The number of benzene rings is 2. The number of nitrogen functional groups attached to an aromatic ring is 1. The monoisotopic (exact) mass is 548 g/mol. The van der Waals surface area contributed by atoms with Gasteiger partial charge >= 0.3 is 0 Å². The van der Waals surface area contributed by atoms with E-state index in [1.165, 1.54) is 24.4 Å². The van der Waals surface area contributed by atoms with Crippen LogP contribution in [0, 0.1) is 17.1 Å². The first-order chi connectivity index (χ1) is 18.8. The van der Waals surface area contributed by atoms with E-state index in [1.54, 1.807) is 7.11 Å². The van der Waals surface area contributed by atoms with Gasteiger partial charge in [-0.2, -0.15) is 5.26 Å². The summed E-state index contributed by atoms with van der Waals surface area (Å²) in [6.45, 7) is -0.00629. The molecule has 1 unspecified atom stereocenters. The Kier molecular flexibility index (Phi) is 8.60. The van der Waals surface area contributed by atoms with Crippen LogP contribution in [0.15, 0.2) is 55.0 Å². The molecule has 0 bridgehead atoms. The number of amides is 1. The molecule has 2 aromatic heterocycles. The van der Waals surface area contributed by atoms with Gasteiger partial charge < -0.3 is 20.3 Å². The smallest absolute Gasteiger partial charge is 0.258 e. The number of ether oxygens (including phenoxy) is 1. The minimum Gasteiger partial charge on any atom is -0.755 e. The number of halogens is 1. The van der Waals surface area contributed by atoms with Gasteiger partial charge in [-0.25, -0.2) is 14.4 Å². The molecule has 200 valence electrons. The number of hydrogen-bond acceptors (Lipinski definition) is 9. The highest BCUT2D eigenvalue weighted by molar-refractivity contribution is 7.80. The van der Waals surface area contributed by atoms with Gasteiger partial charge in [-0.1, -0.05) is 12.1 Å². The van der Waals surface area contributed by atoms with E-state index in [2.05, 4.69) is 20.3 Å². The molecule has 0 aliphatic rings. The third-order valence-corrected chi connectivity index (χ3v) is 6.70. The molecule has 0 fully saturated rings. The number of aryl methyl sites for hydroxylation is 1. The second-order valence-corrected chi connectivity index (χ2v) is 9.20. The summed E-state index contributed by atoms with van der Waals surface area (Å²) in [5.74, 6) is -1.06. The summed E-state index contributed by atoms with van der Waals surface area (Å²) in [6, 6.07) is 13.1. The zero-order valence-electron chi connectivity index (χ0n) is 20.8. The lowest BCUT2D eigenvalue weighted by Crippen LogP contribution is -2.28. The van der Waals surface area contributed by atoms with Gasteiger partial charge in [-0.15, -0.1) is 0 Å². The van der Waals surface area contributed by atoms with Crippen molar-refractivity contribution in [3.63, 3.8) is 0 Å². The van der Waals surface area contributed by atoms with Gasteiger partial charge in [0, 0.05) is 24.0 Å². The lowest BCUT2D eigenvalue weighted by atomic mass is 10.1. The summed E-state index contributed by atoms with van der Waals surface area (Å²) in [5, 5.41) is 11.9. The number of unbranched alkanes of at least 4 members (excludes halogenated alkanes) is 1. The molecule has 2 heterocycles. The number of nitrogens with one attached hydrogen (secondary N) is 1. The summed E-state index contributed by atoms with van der Waals surface area (Å²) < 4.78 is 45.7. The number of fused-ring (bicyclic) bond motifs is 1. The molecule has 0 aliphatic carbocycles.